The Bertz CT molecular complexity index is 635. The van der Waals surface area contributed by atoms with Crippen LogP contribution in [0.2, 0.25) is 0 Å². The molecule has 0 saturated carbocycles. The number of aromatic nitrogens is 3. The number of nitrogens with zero attached hydrogens (tertiary/aromatic N) is 3. The van der Waals surface area contributed by atoms with Gasteiger partial charge < -0.3 is 4.74 Å². The van der Waals surface area contributed by atoms with Crippen molar-refractivity contribution in [2.24, 2.45) is 0 Å². The first kappa shape index (κ1) is 15.3. The third-order valence-electron chi connectivity index (χ3n) is 2.89. The molecule has 0 saturated heterocycles. The van der Waals surface area contributed by atoms with E-state index in [1.54, 1.807) is 6.08 Å². The summed E-state index contributed by atoms with van der Waals surface area (Å²) in [5, 5.41) is 9.07. The molecule has 0 aliphatic heterocycles. The van der Waals surface area contributed by atoms with E-state index in [9.17, 15) is 4.79 Å². The van der Waals surface area contributed by atoms with Crippen molar-refractivity contribution >= 4 is 17.7 Å². The van der Waals surface area contributed by atoms with Gasteiger partial charge in [0, 0.05) is 12.1 Å². The Kier molecular flexibility index (Phi) is 5.16. The van der Waals surface area contributed by atoms with E-state index >= 15 is 0 Å². The average molecular weight is 303 g/mol. The SMILES string of the molecule is C=CCn1c(SCC(=O)OC)nnc1-c1ccc(C)cc1. The zero-order valence-corrected chi connectivity index (χ0v) is 12.9. The zero-order valence-electron chi connectivity index (χ0n) is 12.1. The third kappa shape index (κ3) is 3.72. The first-order valence-electron chi connectivity index (χ1n) is 6.46. The second kappa shape index (κ2) is 7.08. The molecule has 0 radical (unpaired) electrons. The predicted molar refractivity (Wildman–Crippen MR) is 83.1 cm³/mol. The molecule has 110 valence electrons. The molecule has 1 aromatic heterocycles. The van der Waals surface area contributed by atoms with Crippen molar-refractivity contribution in [1.82, 2.24) is 14.8 Å². The number of esters is 1. The third-order valence-corrected chi connectivity index (χ3v) is 3.83. The molecule has 0 aliphatic carbocycles. The summed E-state index contributed by atoms with van der Waals surface area (Å²) < 4.78 is 6.57. The Morgan fingerprint density at radius 1 is 1.38 bits per heavy atom. The van der Waals surface area contributed by atoms with E-state index in [4.69, 9.17) is 0 Å². The van der Waals surface area contributed by atoms with Crippen LogP contribution < -0.4 is 0 Å². The molecule has 6 heteroatoms. The molecular formula is C15H17N3O2S. The van der Waals surface area contributed by atoms with E-state index in [-0.39, 0.29) is 11.7 Å². The molecule has 0 bridgehead atoms. The average Bonchev–Trinajstić information content (AvgIpc) is 2.89. The molecule has 0 fully saturated rings. The van der Waals surface area contributed by atoms with Gasteiger partial charge in [-0.3, -0.25) is 9.36 Å². The van der Waals surface area contributed by atoms with Crippen LogP contribution >= 0.6 is 11.8 Å². The second-order valence-corrected chi connectivity index (χ2v) is 5.38. The van der Waals surface area contributed by atoms with E-state index in [0.29, 0.717) is 11.7 Å². The van der Waals surface area contributed by atoms with Crippen molar-refractivity contribution < 1.29 is 9.53 Å². The number of ether oxygens (including phenoxy) is 1. The van der Waals surface area contributed by atoms with Gasteiger partial charge in [-0.25, -0.2) is 0 Å². The summed E-state index contributed by atoms with van der Waals surface area (Å²) in [6.45, 7) is 6.38. The van der Waals surface area contributed by atoms with Crippen molar-refractivity contribution in [3.05, 3.63) is 42.5 Å². The number of carbonyl (C=O) groups excluding carboxylic acids is 1. The highest BCUT2D eigenvalue weighted by Crippen LogP contribution is 2.24. The molecule has 2 rings (SSSR count). The van der Waals surface area contributed by atoms with Gasteiger partial charge in [-0.2, -0.15) is 0 Å². The van der Waals surface area contributed by atoms with Crippen molar-refractivity contribution in [2.75, 3.05) is 12.9 Å². The van der Waals surface area contributed by atoms with Crippen LogP contribution in [0.5, 0.6) is 0 Å². The van der Waals surface area contributed by atoms with Gasteiger partial charge in [0.2, 0.25) is 0 Å². The summed E-state index contributed by atoms with van der Waals surface area (Å²) in [4.78, 5) is 11.2. The van der Waals surface area contributed by atoms with Crippen LogP contribution in [0.3, 0.4) is 0 Å². The lowest BCUT2D eigenvalue weighted by atomic mass is 10.1. The maximum Gasteiger partial charge on any atom is 0.316 e. The molecule has 0 spiro atoms. The van der Waals surface area contributed by atoms with Gasteiger partial charge in [-0.1, -0.05) is 47.7 Å². The highest BCUT2D eigenvalue weighted by atomic mass is 32.2. The van der Waals surface area contributed by atoms with Gasteiger partial charge in [0.05, 0.1) is 12.9 Å². The molecule has 1 aromatic carbocycles. The van der Waals surface area contributed by atoms with E-state index in [0.717, 1.165) is 11.4 Å². The fraction of sp³-hybridized carbons (Fsp3) is 0.267. The smallest absolute Gasteiger partial charge is 0.316 e. The van der Waals surface area contributed by atoms with Crippen LogP contribution in [-0.2, 0) is 16.1 Å². The number of hydrogen-bond donors (Lipinski definition) is 0. The zero-order chi connectivity index (χ0) is 15.2. The number of hydrogen-bond acceptors (Lipinski definition) is 5. The summed E-state index contributed by atoms with van der Waals surface area (Å²) >= 11 is 1.31. The minimum Gasteiger partial charge on any atom is -0.468 e. The standard InChI is InChI=1S/C15H17N3O2S/c1-4-9-18-14(12-7-5-11(2)6-8-12)16-17-15(18)21-10-13(19)20-3/h4-8H,1,9-10H2,2-3H3. The number of rotatable bonds is 6. The molecule has 5 nitrogen and oxygen atoms in total. The molecular weight excluding hydrogens is 286 g/mol. The minimum atomic E-state index is -0.287. The molecule has 0 atom stereocenters. The molecule has 0 aliphatic rings. The van der Waals surface area contributed by atoms with Crippen LogP contribution in [0.15, 0.2) is 42.1 Å². The molecule has 21 heavy (non-hydrogen) atoms. The number of carbonyl (C=O) groups is 1. The minimum absolute atomic E-state index is 0.208. The van der Waals surface area contributed by atoms with Crippen molar-refractivity contribution in [3.63, 3.8) is 0 Å². The summed E-state index contributed by atoms with van der Waals surface area (Å²) in [6, 6.07) is 8.08. The Balaban J connectivity index is 2.29. The van der Waals surface area contributed by atoms with Crippen LogP contribution in [0, 0.1) is 6.92 Å². The molecule has 0 N–H and O–H groups in total. The van der Waals surface area contributed by atoms with Crippen LogP contribution in [0.25, 0.3) is 11.4 Å². The van der Waals surface area contributed by atoms with Crippen LogP contribution in [-0.4, -0.2) is 33.6 Å². The van der Waals surface area contributed by atoms with E-state index < -0.39 is 0 Å². The van der Waals surface area contributed by atoms with Gasteiger partial charge >= 0.3 is 5.97 Å². The van der Waals surface area contributed by atoms with Gasteiger partial charge in [-0.15, -0.1) is 16.8 Å². The van der Waals surface area contributed by atoms with Crippen LogP contribution in [0.4, 0.5) is 0 Å². The number of allylic oxidation sites excluding steroid dienone is 1. The summed E-state index contributed by atoms with van der Waals surface area (Å²) in [5.74, 6) is 0.687. The summed E-state index contributed by atoms with van der Waals surface area (Å²) in [7, 11) is 1.37. The first-order valence-corrected chi connectivity index (χ1v) is 7.45. The Morgan fingerprint density at radius 3 is 2.71 bits per heavy atom. The second-order valence-electron chi connectivity index (χ2n) is 4.44. The van der Waals surface area contributed by atoms with Crippen molar-refractivity contribution in [2.45, 2.75) is 18.6 Å². The van der Waals surface area contributed by atoms with Gasteiger partial charge in [0.15, 0.2) is 11.0 Å². The topological polar surface area (TPSA) is 57.0 Å². The largest absolute Gasteiger partial charge is 0.468 e. The fourth-order valence-corrected chi connectivity index (χ4v) is 2.57. The Morgan fingerprint density at radius 2 is 2.10 bits per heavy atom. The van der Waals surface area contributed by atoms with Gasteiger partial charge in [0.25, 0.3) is 0 Å². The lowest BCUT2D eigenvalue weighted by Gasteiger charge is -2.07. The number of thioether (sulfide) groups is 1. The van der Waals surface area contributed by atoms with E-state index in [2.05, 4.69) is 21.5 Å². The molecule has 0 amide bonds. The highest BCUT2D eigenvalue weighted by molar-refractivity contribution is 7.99. The fourth-order valence-electron chi connectivity index (χ4n) is 1.79. The lowest BCUT2D eigenvalue weighted by molar-refractivity contribution is -0.137. The quantitative estimate of drug-likeness (QED) is 0.466. The van der Waals surface area contributed by atoms with E-state index in [1.807, 2.05) is 35.8 Å². The van der Waals surface area contributed by atoms with Crippen molar-refractivity contribution in [1.29, 1.82) is 0 Å². The predicted octanol–water partition coefficient (Wildman–Crippen LogP) is 2.70. The highest BCUT2D eigenvalue weighted by Gasteiger charge is 2.14. The lowest BCUT2D eigenvalue weighted by Crippen LogP contribution is -2.06. The Hall–Kier alpha value is -2.08. The molecule has 0 unspecified atom stereocenters. The summed E-state index contributed by atoms with van der Waals surface area (Å²) in [5.41, 5.74) is 2.17. The normalized spacial score (nSPS) is 10.4. The summed E-state index contributed by atoms with van der Waals surface area (Å²) in [6.07, 6.45) is 1.78. The van der Waals surface area contributed by atoms with Gasteiger partial charge in [0.1, 0.15) is 0 Å². The monoisotopic (exact) mass is 303 g/mol. The Labute approximate surface area is 128 Å². The molecule has 2 aromatic rings. The number of methoxy groups -OCH3 is 1. The molecule has 1 heterocycles. The maximum absolute atomic E-state index is 11.2. The van der Waals surface area contributed by atoms with Gasteiger partial charge in [-0.05, 0) is 6.92 Å². The first-order chi connectivity index (χ1) is 10.2. The number of benzene rings is 1. The van der Waals surface area contributed by atoms with Crippen molar-refractivity contribution in [3.8, 4) is 11.4 Å². The number of aryl methyl sites for hydroxylation is 1. The maximum atomic E-state index is 11.2. The van der Waals surface area contributed by atoms with Crippen LogP contribution in [0.1, 0.15) is 5.56 Å². The van der Waals surface area contributed by atoms with E-state index in [1.165, 1.54) is 24.4 Å².